The Kier molecular flexibility index (Phi) is 2.46. The molecular weight excluding hydrogens is 190 g/mol. The summed E-state index contributed by atoms with van der Waals surface area (Å²) >= 11 is 0. The second-order valence-corrected chi connectivity index (χ2v) is 3.07. The van der Waals surface area contributed by atoms with E-state index in [4.69, 9.17) is 0 Å². The number of carbonyl (C=O) groups excluding carboxylic acids is 1. The molecule has 73 valence electrons. The van der Waals surface area contributed by atoms with Gasteiger partial charge in [0.05, 0.1) is 5.56 Å². The van der Waals surface area contributed by atoms with Gasteiger partial charge in [0, 0.05) is 12.4 Å². The zero-order valence-electron chi connectivity index (χ0n) is 7.88. The Morgan fingerprint density at radius 3 is 2.47 bits per heavy atom. The van der Waals surface area contributed by atoms with Gasteiger partial charge in [-0.15, -0.1) is 0 Å². The van der Waals surface area contributed by atoms with Gasteiger partial charge in [0.1, 0.15) is 0 Å². The van der Waals surface area contributed by atoms with E-state index in [1.165, 1.54) is 6.20 Å². The molecule has 0 aliphatic carbocycles. The zero-order valence-corrected chi connectivity index (χ0v) is 7.88. The number of pyridine rings is 1. The standard InChI is InChI=1S/C12H8NO2/c14-12(15)11-8-13-7-6-10(11)9-4-2-1-3-5-9/h1-8H. The van der Waals surface area contributed by atoms with Crippen molar-refractivity contribution in [2.24, 2.45) is 0 Å². The van der Waals surface area contributed by atoms with Crippen LogP contribution in [-0.2, 0) is 5.11 Å². The van der Waals surface area contributed by atoms with Gasteiger partial charge in [0.2, 0.25) is 0 Å². The second-order valence-electron chi connectivity index (χ2n) is 3.07. The molecule has 2 rings (SSSR count). The summed E-state index contributed by atoms with van der Waals surface area (Å²) in [6, 6.07) is 11.0. The average Bonchev–Trinajstić information content (AvgIpc) is 2.30. The van der Waals surface area contributed by atoms with Crippen molar-refractivity contribution in [2.75, 3.05) is 0 Å². The van der Waals surface area contributed by atoms with Gasteiger partial charge in [0.25, 0.3) is 0 Å². The molecule has 1 heterocycles. The molecule has 0 unspecified atom stereocenters. The van der Waals surface area contributed by atoms with Crippen molar-refractivity contribution < 1.29 is 9.90 Å². The van der Waals surface area contributed by atoms with Crippen LogP contribution in [0.3, 0.4) is 0 Å². The highest BCUT2D eigenvalue weighted by Gasteiger charge is 2.12. The van der Waals surface area contributed by atoms with Crippen molar-refractivity contribution >= 4 is 5.97 Å². The maximum atomic E-state index is 10.8. The molecule has 2 aromatic rings. The largest absolute Gasteiger partial charge is 0.388 e. The quantitative estimate of drug-likeness (QED) is 0.743. The summed E-state index contributed by atoms with van der Waals surface area (Å²) in [7, 11) is 0. The number of nitrogens with zero attached hydrogens (tertiary/aromatic N) is 1. The minimum absolute atomic E-state index is 0.115. The maximum Gasteiger partial charge on any atom is 0.388 e. The van der Waals surface area contributed by atoms with E-state index in [0.717, 1.165) is 5.56 Å². The summed E-state index contributed by atoms with van der Waals surface area (Å²) in [6.07, 6.45) is 2.87. The van der Waals surface area contributed by atoms with Crippen LogP contribution in [0.15, 0.2) is 48.8 Å². The number of carbonyl (C=O) groups is 1. The van der Waals surface area contributed by atoms with Crippen molar-refractivity contribution in [1.82, 2.24) is 4.98 Å². The summed E-state index contributed by atoms with van der Waals surface area (Å²) in [5.74, 6) is -1.21. The predicted molar refractivity (Wildman–Crippen MR) is 54.7 cm³/mol. The molecule has 3 nitrogen and oxygen atoms in total. The van der Waals surface area contributed by atoms with Gasteiger partial charge in [-0.1, -0.05) is 30.3 Å². The van der Waals surface area contributed by atoms with Crippen molar-refractivity contribution in [1.29, 1.82) is 0 Å². The highest BCUT2D eigenvalue weighted by molar-refractivity contribution is 5.95. The van der Waals surface area contributed by atoms with E-state index < -0.39 is 5.97 Å². The summed E-state index contributed by atoms with van der Waals surface area (Å²) < 4.78 is 0. The van der Waals surface area contributed by atoms with Crippen LogP contribution in [-0.4, -0.2) is 11.0 Å². The van der Waals surface area contributed by atoms with Gasteiger partial charge in [-0.25, -0.2) is 9.90 Å². The lowest BCUT2D eigenvalue weighted by Gasteiger charge is -2.03. The van der Waals surface area contributed by atoms with Gasteiger partial charge in [0.15, 0.2) is 0 Å². The average molecular weight is 198 g/mol. The van der Waals surface area contributed by atoms with Gasteiger partial charge in [-0.05, 0) is 17.2 Å². The van der Waals surface area contributed by atoms with Crippen LogP contribution < -0.4 is 0 Å². The van der Waals surface area contributed by atoms with Crippen LogP contribution in [0.4, 0.5) is 0 Å². The zero-order chi connectivity index (χ0) is 10.7. The molecule has 0 atom stereocenters. The minimum atomic E-state index is -1.21. The first-order valence-corrected chi connectivity index (χ1v) is 4.50. The van der Waals surface area contributed by atoms with E-state index >= 15 is 0 Å². The first-order valence-electron chi connectivity index (χ1n) is 4.50. The fraction of sp³-hybridized carbons (Fsp3) is 0. The highest BCUT2D eigenvalue weighted by Crippen LogP contribution is 2.22. The first kappa shape index (κ1) is 9.40. The number of rotatable bonds is 2. The molecule has 0 aliphatic heterocycles. The van der Waals surface area contributed by atoms with E-state index in [9.17, 15) is 9.90 Å². The molecule has 0 fully saturated rings. The molecule has 1 aromatic heterocycles. The Bertz CT molecular complexity index is 480. The number of aromatic nitrogens is 1. The Morgan fingerprint density at radius 2 is 1.80 bits per heavy atom. The normalized spacial score (nSPS) is 9.87. The fourth-order valence-corrected chi connectivity index (χ4v) is 1.43. The molecule has 0 spiro atoms. The molecule has 0 bridgehead atoms. The Labute approximate surface area is 87.0 Å². The molecule has 0 amide bonds. The monoisotopic (exact) mass is 198 g/mol. The van der Waals surface area contributed by atoms with Gasteiger partial charge in [-0.2, -0.15) is 0 Å². The molecule has 1 aromatic carbocycles. The van der Waals surface area contributed by atoms with Crippen molar-refractivity contribution in [3.63, 3.8) is 0 Å². The van der Waals surface area contributed by atoms with Crippen LogP contribution in [0.1, 0.15) is 10.4 Å². The molecule has 0 saturated carbocycles. The number of hydrogen-bond donors (Lipinski definition) is 0. The summed E-state index contributed by atoms with van der Waals surface area (Å²) in [6.45, 7) is 0. The molecule has 15 heavy (non-hydrogen) atoms. The molecular formula is C12H8NO2. The van der Waals surface area contributed by atoms with Crippen LogP contribution in [0.2, 0.25) is 0 Å². The summed E-state index contributed by atoms with van der Waals surface area (Å²) in [5, 5.41) is 10.8. The van der Waals surface area contributed by atoms with Crippen LogP contribution in [0.5, 0.6) is 0 Å². The maximum absolute atomic E-state index is 10.8. The predicted octanol–water partition coefficient (Wildman–Crippen LogP) is 2.32. The van der Waals surface area contributed by atoms with Gasteiger partial charge < -0.3 is 0 Å². The number of benzene rings is 1. The van der Waals surface area contributed by atoms with E-state index in [-0.39, 0.29) is 5.56 Å². The Balaban J connectivity index is 2.58. The molecule has 0 N–H and O–H groups in total. The Hall–Kier alpha value is -2.16. The lowest BCUT2D eigenvalue weighted by Crippen LogP contribution is -1.98. The van der Waals surface area contributed by atoms with Gasteiger partial charge in [-0.3, -0.25) is 4.98 Å². The van der Waals surface area contributed by atoms with E-state index in [1.54, 1.807) is 12.3 Å². The number of hydrogen-bond acceptors (Lipinski definition) is 2. The lowest BCUT2D eigenvalue weighted by atomic mass is 10.0. The fourth-order valence-electron chi connectivity index (χ4n) is 1.43. The second kappa shape index (κ2) is 3.92. The molecule has 0 saturated heterocycles. The summed E-state index contributed by atoms with van der Waals surface area (Å²) in [4.78, 5) is 14.6. The smallest absolute Gasteiger partial charge is 0.264 e. The third-order valence-electron chi connectivity index (χ3n) is 2.13. The van der Waals surface area contributed by atoms with Crippen LogP contribution in [0.25, 0.3) is 11.1 Å². The molecule has 0 aliphatic rings. The van der Waals surface area contributed by atoms with Crippen molar-refractivity contribution in [3.05, 3.63) is 54.4 Å². The third-order valence-corrected chi connectivity index (χ3v) is 2.13. The highest BCUT2D eigenvalue weighted by atomic mass is 16.4. The topological polar surface area (TPSA) is 49.9 Å². The minimum Gasteiger partial charge on any atom is -0.264 e. The SMILES string of the molecule is [O]C(=O)c1cnccc1-c1ccccc1. The molecule has 1 radical (unpaired) electrons. The van der Waals surface area contributed by atoms with Crippen molar-refractivity contribution in [2.45, 2.75) is 0 Å². The van der Waals surface area contributed by atoms with E-state index in [1.807, 2.05) is 30.3 Å². The first-order chi connectivity index (χ1) is 7.29. The third kappa shape index (κ3) is 1.86. The summed E-state index contributed by atoms with van der Waals surface area (Å²) in [5.41, 5.74) is 1.59. The van der Waals surface area contributed by atoms with Crippen molar-refractivity contribution in [3.8, 4) is 11.1 Å². The van der Waals surface area contributed by atoms with Gasteiger partial charge >= 0.3 is 5.97 Å². The Morgan fingerprint density at radius 1 is 1.07 bits per heavy atom. The van der Waals surface area contributed by atoms with Crippen LogP contribution >= 0.6 is 0 Å². The van der Waals surface area contributed by atoms with E-state index in [0.29, 0.717) is 5.56 Å². The molecule has 3 heteroatoms. The van der Waals surface area contributed by atoms with Crippen LogP contribution in [0, 0.1) is 0 Å². The van der Waals surface area contributed by atoms with E-state index in [2.05, 4.69) is 4.98 Å². The lowest BCUT2D eigenvalue weighted by molar-refractivity contribution is 0.0573.